The molecule has 1 aliphatic heterocycles. The number of benzene rings is 2. The van der Waals surface area contributed by atoms with Crippen molar-refractivity contribution >= 4 is 17.3 Å². The van der Waals surface area contributed by atoms with Crippen molar-refractivity contribution in [3.63, 3.8) is 0 Å². The van der Waals surface area contributed by atoms with Crippen LogP contribution in [-0.4, -0.2) is 32.1 Å². The molecule has 1 saturated heterocycles. The average molecular weight is 337 g/mol. The Morgan fingerprint density at radius 1 is 0.920 bits per heavy atom. The fourth-order valence-corrected chi connectivity index (χ4v) is 3.18. The molecule has 0 bridgehead atoms. The van der Waals surface area contributed by atoms with E-state index in [9.17, 15) is 4.79 Å². The summed E-state index contributed by atoms with van der Waals surface area (Å²) in [6.07, 6.45) is 4.76. The summed E-state index contributed by atoms with van der Waals surface area (Å²) in [7, 11) is 0. The van der Waals surface area contributed by atoms with Crippen LogP contribution in [0, 0.1) is 0 Å². The van der Waals surface area contributed by atoms with Crippen molar-refractivity contribution in [1.29, 1.82) is 0 Å². The van der Waals surface area contributed by atoms with Crippen LogP contribution in [0.1, 0.15) is 24.8 Å². The van der Waals surface area contributed by atoms with Crippen LogP contribution in [0.4, 0.5) is 11.4 Å². The minimum absolute atomic E-state index is 0.0241. The number of hydrogen-bond donors (Lipinski definition) is 2. The van der Waals surface area contributed by atoms with E-state index in [-0.39, 0.29) is 5.91 Å². The van der Waals surface area contributed by atoms with Gasteiger partial charge in [0.25, 0.3) is 0 Å². The molecule has 1 aliphatic rings. The summed E-state index contributed by atoms with van der Waals surface area (Å²) in [5.74, 6) is 0.0241. The number of carbonyl (C=O) groups excluding carboxylic acids is 1. The zero-order chi connectivity index (χ0) is 17.3. The first-order chi connectivity index (χ1) is 12.3. The van der Waals surface area contributed by atoms with Gasteiger partial charge in [-0.1, -0.05) is 30.3 Å². The fraction of sp³-hybridized carbons (Fsp3) is 0.381. The molecule has 0 atom stereocenters. The molecular formula is C21H27N3O. The van der Waals surface area contributed by atoms with Gasteiger partial charge in [0.2, 0.25) is 5.91 Å². The number of nitrogens with one attached hydrogen (secondary N) is 2. The molecule has 2 aromatic carbocycles. The summed E-state index contributed by atoms with van der Waals surface area (Å²) in [5, 5.41) is 6.15. The molecule has 0 aliphatic carbocycles. The summed E-state index contributed by atoms with van der Waals surface area (Å²) in [6, 6.07) is 18.6. The van der Waals surface area contributed by atoms with Crippen LogP contribution >= 0.6 is 0 Å². The molecule has 0 spiro atoms. The molecule has 4 heteroatoms. The molecule has 0 aromatic heterocycles. The van der Waals surface area contributed by atoms with Gasteiger partial charge in [-0.05, 0) is 55.5 Å². The molecule has 0 unspecified atom stereocenters. The van der Waals surface area contributed by atoms with Crippen molar-refractivity contribution < 1.29 is 4.79 Å². The third-order valence-electron chi connectivity index (χ3n) is 4.62. The van der Waals surface area contributed by atoms with E-state index in [1.807, 2.05) is 18.2 Å². The van der Waals surface area contributed by atoms with E-state index >= 15 is 0 Å². The van der Waals surface area contributed by atoms with E-state index in [1.54, 1.807) is 0 Å². The normalized spacial score (nSPS) is 14.2. The first-order valence-corrected chi connectivity index (χ1v) is 9.21. The second-order valence-corrected chi connectivity index (χ2v) is 6.53. The SMILES string of the molecule is O=C(CNc1ccc(N2CCCCC2)cc1)NCCc1ccccc1. The van der Waals surface area contributed by atoms with Crippen molar-refractivity contribution in [3.8, 4) is 0 Å². The lowest BCUT2D eigenvalue weighted by molar-refractivity contribution is -0.119. The highest BCUT2D eigenvalue weighted by atomic mass is 16.1. The molecule has 1 amide bonds. The number of carbonyl (C=O) groups is 1. The molecule has 25 heavy (non-hydrogen) atoms. The van der Waals surface area contributed by atoms with Crippen LogP contribution in [-0.2, 0) is 11.2 Å². The van der Waals surface area contributed by atoms with E-state index in [1.165, 1.54) is 30.5 Å². The van der Waals surface area contributed by atoms with Crippen molar-refractivity contribution in [1.82, 2.24) is 5.32 Å². The Labute approximate surface area is 150 Å². The fourth-order valence-electron chi connectivity index (χ4n) is 3.18. The molecule has 0 radical (unpaired) electrons. The second kappa shape index (κ2) is 9.11. The standard InChI is InChI=1S/C21H27N3O/c25-21(22-14-13-18-7-3-1-4-8-18)17-23-19-9-11-20(12-10-19)24-15-5-2-6-16-24/h1,3-4,7-12,23H,2,5-6,13-17H2,(H,22,25). The number of hydrogen-bond acceptors (Lipinski definition) is 3. The van der Waals surface area contributed by atoms with E-state index < -0.39 is 0 Å². The van der Waals surface area contributed by atoms with Crippen LogP contribution < -0.4 is 15.5 Å². The highest BCUT2D eigenvalue weighted by Gasteiger charge is 2.10. The Kier molecular flexibility index (Phi) is 6.32. The lowest BCUT2D eigenvalue weighted by Crippen LogP contribution is -2.31. The lowest BCUT2D eigenvalue weighted by Gasteiger charge is -2.28. The number of rotatable bonds is 7. The molecule has 3 rings (SSSR count). The monoisotopic (exact) mass is 337 g/mol. The highest BCUT2D eigenvalue weighted by Crippen LogP contribution is 2.21. The number of amides is 1. The Morgan fingerprint density at radius 2 is 1.64 bits per heavy atom. The molecule has 4 nitrogen and oxygen atoms in total. The molecular weight excluding hydrogens is 310 g/mol. The van der Waals surface area contributed by atoms with Gasteiger partial charge in [0.15, 0.2) is 0 Å². The van der Waals surface area contributed by atoms with Gasteiger partial charge in [-0.2, -0.15) is 0 Å². The van der Waals surface area contributed by atoms with Gasteiger partial charge in [0, 0.05) is 31.0 Å². The molecule has 2 aromatic rings. The zero-order valence-corrected chi connectivity index (χ0v) is 14.7. The Bertz CT molecular complexity index is 649. The first kappa shape index (κ1) is 17.3. The van der Waals surface area contributed by atoms with Gasteiger partial charge < -0.3 is 15.5 Å². The number of nitrogens with zero attached hydrogens (tertiary/aromatic N) is 1. The summed E-state index contributed by atoms with van der Waals surface area (Å²) in [5.41, 5.74) is 3.50. The summed E-state index contributed by atoms with van der Waals surface area (Å²) in [6.45, 7) is 3.27. The van der Waals surface area contributed by atoms with Crippen molar-refractivity contribution in [2.75, 3.05) is 36.4 Å². The Hall–Kier alpha value is -2.49. The zero-order valence-electron chi connectivity index (χ0n) is 14.7. The van der Waals surface area contributed by atoms with Crippen LogP contribution in [0.25, 0.3) is 0 Å². The third kappa shape index (κ3) is 5.52. The molecule has 0 saturated carbocycles. The van der Waals surface area contributed by atoms with Gasteiger partial charge >= 0.3 is 0 Å². The highest BCUT2D eigenvalue weighted by molar-refractivity contribution is 5.80. The smallest absolute Gasteiger partial charge is 0.239 e. The van der Waals surface area contributed by atoms with E-state index in [4.69, 9.17) is 0 Å². The minimum atomic E-state index is 0.0241. The van der Waals surface area contributed by atoms with Crippen LogP contribution in [0.15, 0.2) is 54.6 Å². The van der Waals surface area contributed by atoms with Gasteiger partial charge in [-0.3, -0.25) is 4.79 Å². The molecule has 2 N–H and O–H groups in total. The van der Waals surface area contributed by atoms with Crippen LogP contribution in [0.2, 0.25) is 0 Å². The third-order valence-corrected chi connectivity index (χ3v) is 4.62. The Balaban J connectivity index is 1.38. The number of anilines is 2. The summed E-state index contributed by atoms with van der Waals surface area (Å²) in [4.78, 5) is 14.4. The Morgan fingerprint density at radius 3 is 2.36 bits per heavy atom. The average Bonchev–Trinajstić information content (AvgIpc) is 2.68. The minimum Gasteiger partial charge on any atom is -0.376 e. The maximum absolute atomic E-state index is 11.9. The largest absolute Gasteiger partial charge is 0.376 e. The van der Waals surface area contributed by atoms with Crippen molar-refractivity contribution in [2.45, 2.75) is 25.7 Å². The topological polar surface area (TPSA) is 44.4 Å². The maximum Gasteiger partial charge on any atom is 0.239 e. The molecule has 1 heterocycles. The van der Waals surface area contributed by atoms with Crippen molar-refractivity contribution in [2.24, 2.45) is 0 Å². The van der Waals surface area contributed by atoms with Gasteiger partial charge in [0.05, 0.1) is 6.54 Å². The van der Waals surface area contributed by atoms with Gasteiger partial charge in [-0.25, -0.2) is 0 Å². The van der Waals surface area contributed by atoms with E-state index in [2.05, 4.69) is 51.9 Å². The van der Waals surface area contributed by atoms with Crippen LogP contribution in [0.3, 0.4) is 0 Å². The van der Waals surface area contributed by atoms with E-state index in [0.717, 1.165) is 25.2 Å². The molecule has 1 fully saturated rings. The van der Waals surface area contributed by atoms with Crippen LogP contribution in [0.5, 0.6) is 0 Å². The van der Waals surface area contributed by atoms with Gasteiger partial charge in [-0.15, -0.1) is 0 Å². The van der Waals surface area contributed by atoms with Gasteiger partial charge in [0.1, 0.15) is 0 Å². The maximum atomic E-state index is 11.9. The van der Waals surface area contributed by atoms with E-state index in [0.29, 0.717) is 13.1 Å². The predicted octanol–water partition coefficient (Wildman–Crippen LogP) is 3.45. The number of piperidine rings is 1. The van der Waals surface area contributed by atoms with Crippen molar-refractivity contribution in [3.05, 3.63) is 60.2 Å². The first-order valence-electron chi connectivity index (χ1n) is 9.21. The summed E-state index contributed by atoms with van der Waals surface area (Å²) >= 11 is 0. The lowest BCUT2D eigenvalue weighted by atomic mass is 10.1. The second-order valence-electron chi connectivity index (χ2n) is 6.53. The summed E-state index contributed by atoms with van der Waals surface area (Å²) < 4.78 is 0. The predicted molar refractivity (Wildman–Crippen MR) is 104 cm³/mol. The quantitative estimate of drug-likeness (QED) is 0.813. The molecule has 132 valence electrons.